The Kier molecular flexibility index (Phi) is 6.74. The molecule has 2 aromatic heterocycles. The van der Waals surface area contributed by atoms with Crippen LogP contribution in [0, 0.1) is 0 Å². The first-order valence-corrected chi connectivity index (χ1v) is 11.7. The maximum absolute atomic E-state index is 13.3. The quantitative estimate of drug-likeness (QED) is 0.439. The van der Waals surface area contributed by atoms with Crippen LogP contribution in [0.5, 0.6) is 11.6 Å². The monoisotopic (exact) mass is 480 g/mol. The average Bonchev–Trinajstić information content (AvgIpc) is 3.54. The third-order valence-corrected chi connectivity index (χ3v) is 6.55. The summed E-state index contributed by atoms with van der Waals surface area (Å²) in [7, 11) is 3.13. The Balaban J connectivity index is 1.34. The standard InChI is InChI=1S/C25H29FN6O3/c1-33-16-35-22-11-17(18-12-24(34-2)31-27-13-18)3-4-20(22)21-5-6-23(30-29-21)32-10-7-19(14-32)28-25(15-26)8-9-25/h3-6,11-13,19,28H,7-10,14-16H2,1-2H3/t19-/m0/s1. The summed E-state index contributed by atoms with van der Waals surface area (Å²) in [5.41, 5.74) is 2.97. The number of aromatic nitrogens is 4. The molecule has 0 radical (unpaired) electrons. The molecule has 0 spiro atoms. The number of anilines is 1. The second kappa shape index (κ2) is 10.1. The van der Waals surface area contributed by atoms with Gasteiger partial charge in [0.25, 0.3) is 0 Å². The zero-order valence-electron chi connectivity index (χ0n) is 19.9. The molecular weight excluding hydrogens is 451 g/mol. The number of nitrogens with zero attached hydrogens (tertiary/aromatic N) is 5. The summed E-state index contributed by atoms with van der Waals surface area (Å²) in [6, 6.07) is 11.8. The van der Waals surface area contributed by atoms with Crippen LogP contribution in [0.1, 0.15) is 19.3 Å². The van der Waals surface area contributed by atoms with Gasteiger partial charge >= 0.3 is 0 Å². The van der Waals surface area contributed by atoms with Crippen LogP contribution in [-0.2, 0) is 4.74 Å². The number of nitrogens with one attached hydrogen (secondary N) is 1. The third kappa shape index (κ3) is 5.18. The lowest BCUT2D eigenvalue weighted by molar-refractivity contribution is 0.0515. The Hall–Kier alpha value is -3.37. The summed E-state index contributed by atoms with van der Waals surface area (Å²) in [5.74, 6) is 1.87. The Morgan fingerprint density at radius 2 is 1.97 bits per heavy atom. The lowest BCUT2D eigenvalue weighted by Crippen LogP contribution is -2.43. The second-order valence-electron chi connectivity index (χ2n) is 9.02. The zero-order valence-corrected chi connectivity index (χ0v) is 19.9. The average molecular weight is 481 g/mol. The summed E-state index contributed by atoms with van der Waals surface area (Å²) in [5, 5.41) is 20.4. The van der Waals surface area contributed by atoms with E-state index in [9.17, 15) is 4.39 Å². The van der Waals surface area contributed by atoms with Gasteiger partial charge in [0.15, 0.2) is 12.6 Å². The van der Waals surface area contributed by atoms with Crippen LogP contribution in [0.3, 0.4) is 0 Å². The summed E-state index contributed by atoms with van der Waals surface area (Å²) < 4.78 is 29.4. The van der Waals surface area contributed by atoms with Gasteiger partial charge in [-0.25, -0.2) is 4.39 Å². The van der Waals surface area contributed by atoms with Crippen molar-refractivity contribution in [2.24, 2.45) is 0 Å². The van der Waals surface area contributed by atoms with Gasteiger partial charge in [0.1, 0.15) is 12.4 Å². The molecule has 2 fully saturated rings. The van der Waals surface area contributed by atoms with Crippen molar-refractivity contribution in [1.82, 2.24) is 25.7 Å². The maximum Gasteiger partial charge on any atom is 0.233 e. The van der Waals surface area contributed by atoms with Crippen molar-refractivity contribution in [3.05, 3.63) is 42.6 Å². The van der Waals surface area contributed by atoms with Crippen LogP contribution >= 0.6 is 0 Å². The van der Waals surface area contributed by atoms with E-state index in [-0.39, 0.29) is 25.0 Å². The molecule has 0 bridgehead atoms. The molecule has 0 unspecified atom stereocenters. The number of benzene rings is 1. The van der Waals surface area contributed by atoms with Crippen LogP contribution in [0.2, 0.25) is 0 Å². The van der Waals surface area contributed by atoms with Gasteiger partial charge in [-0.2, -0.15) is 5.10 Å². The number of ether oxygens (including phenoxy) is 3. The zero-order chi connectivity index (χ0) is 24.3. The number of hydrogen-bond donors (Lipinski definition) is 1. The number of alkyl halides is 1. The van der Waals surface area contributed by atoms with Gasteiger partial charge in [0.2, 0.25) is 5.88 Å². The van der Waals surface area contributed by atoms with E-state index in [0.717, 1.165) is 54.9 Å². The van der Waals surface area contributed by atoms with E-state index in [1.54, 1.807) is 20.4 Å². The highest BCUT2D eigenvalue weighted by molar-refractivity contribution is 5.74. The SMILES string of the molecule is COCOc1cc(-c2cnnc(OC)c2)ccc1-c1ccc(N2CC[C@H](NC3(CF)CC3)C2)nn1. The van der Waals surface area contributed by atoms with Crippen molar-refractivity contribution in [3.63, 3.8) is 0 Å². The van der Waals surface area contributed by atoms with E-state index < -0.39 is 0 Å². The molecule has 1 N–H and O–H groups in total. The lowest BCUT2D eigenvalue weighted by atomic mass is 10.0. The minimum atomic E-state index is -0.296. The van der Waals surface area contributed by atoms with Gasteiger partial charge in [-0.3, -0.25) is 0 Å². The molecule has 9 nitrogen and oxygen atoms in total. The van der Waals surface area contributed by atoms with E-state index in [1.165, 1.54) is 0 Å². The summed E-state index contributed by atoms with van der Waals surface area (Å²) in [6.07, 6.45) is 4.48. The fourth-order valence-electron chi connectivity index (χ4n) is 4.38. The highest BCUT2D eigenvalue weighted by Crippen LogP contribution is 2.37. The summed E-state index contributed by atoms with van der Waals surface area (Å²) in [6.45, 7) is 1.47. The highest BCUT2D eigenvalue weighted by Gasteiger charge is 2.45. The molecule has 2 aliphatic rings. The molecule has 1 aliphatic heterocycles. The number of methoxy groups -OCH3 is 2. The molecule has 184 valence electrons. The molecule has 1 atom stereocenters. The molecule has 3 aromatic rings. The van der Waals surface area contributed by atoms with E-state index in [2.05, 4.69) is 30.6 Å². The molecule has 1 aliphatic carbocycles. The van der Waals surface area contributed by atoms with Gasteiger partial charge < -0.3 is 24.4 Å². The Bertz CT molecular complexity index is 1160. The van der Waals surface area contributed by atoms with Gasteiger partial charge in [0.05, 0.1) is 19.0 Å². The van der Waals surface area contributed by atoms with Crippen molar-refractivity contribution < 1.29 is 18.6 Å². The Morgan fingerprint density at radius 1 is 1.09 bits per heavy atom. The number of rotatable bonds is 10. The maximum atomic E-state index is 13.3. The van der Waals surface area contributed by atoms with Crippen molar-refractivity contribution in [1.29, 1.82) is 0 Å². The molecule has 0 amide bonds. The first-order valence-electron chi connectivity index (χ1n) is 11.7. The summed E-state index contributed by atoms with van der Waals surface area (Å²) >= 11 is 0. The molecule has 1 saturated heterocycles. The molecule has 5 rings (SSSR count). The topological polar surface area (TPSA) is 94.5 Å². The fourth-order valence-corrected chi connectivity index (χ4v) is 4.38. The van der Waals surface area contributed by atoms with E-state index in [1.807, 2.05) is 36.4 Å². The Morgan fingerprint density at radius 3 is 2.69 bits per heavy atom. The third-order valence-electron chi connectivity index (χ3n) is 6.55. The molecule has 1 saturated carbocycles. The molecule has 10 heteroatoms. The largest absolute Gasteiger partial charge is 0.480 e. The lowest BCUT2D eigenvalue weighted by Gasteiger charge is -2.21. The number of halogens is 1. The van der Waals surface area contributed by atoms with Crippen molar-refractivity contribution in [2.45, 2.75) is 30.8 Å². The molecule has 1 aromatic carbocycles. The van der Waals surface area contributed by atoms with Crippen LogP contribution in [0.15, 0.2) is 42.6 Å². The van der Waals surface area contributed by atoms with E-state index >= 15 is 0 Å². The van der Waals surface area contributed by atoms with E-state index in [0.29, 0.717) is 17.3 Å². The minimum Gasteiger partial charge on any atom is -0.480 e. The second-order valence-corrected chi connectivity index (χ2v) is 9.02. The number of hydrogen-bond acceptors (Lipinski definition) is 9. The Labute approximate surface area is 203 Å². The van der Waals surface area contributed by atoms with Gasteiger partial charge in [0, 0.05) is 49.0 Å². The minimum absolute atomic E-state index is 0.0996. The normalized spacial score (nSPS) is 18.5. The van der Waals surface area contributed by atoms with Crippen LogP contribution < -0.4 is 19.7 Å². The fraction of sp³-hybridized carbons (Fsp3) is 0.440. The van der Waals surface area contributed by atoms with Crippen molar-refractivity contribution >= 4 is 5.82 Å². The van der Waals surface area contributed by atoms with Crippen LogP contribution in [0.25, 0.3) is 22.4 Å². The van der Waals surface area contributed by atoms with Crippen molar-refractivity contribution in [3.8, 4) is 34.0 Å². The molecule has 35 heavy (non-hydrogen) atoms. The van der Waals surface area contributed by atoms with Gasteiger partial charge in [-0.1, -0.05) is 6.07 Å². The van der Waals surface area contributed by atoms with Crippen molar-refractivity contribution in [2.75, 3.05) is 45.7 Å². The first kappa shape index (κ1) is 23.4. The molecule has 3 heterocycles. The first-order chi connectivity index (χ1) is 17.1. The molecular formula is C25H29FN6O3. The van der Waals surface area contributed by atoms with Crippen LogP contribution in [-0.4, -0.2) is 72.8 Å². The smallest absolute Gasteiger partial charge is 0.233 e. The predicted molar refractivity (Wildman–Crippen MR) is 129 cm³/mol. The highest BCUT2D eigenvalue weighted by atomic mass is 19.1. The van der Waals surface area contributed by atoms with Gasteiger partial charge in [-0.05, 0) is 49.1 Å². The van der Waals surface area contributed by atoms with Gasteiger partial charge in [-0.15, -0.1) is 15.3 Å². The van der Waals surface area contributed by atoms with E-state index in [4.69, 9.17) is 14.2 Å². The summed E-state index contributed by atoms with van der Waals surface area (Å²) in [4.78, 5) is 2.19. The van der Waals surface area contributed by atoms with Crippen LogP contribution in [0.4, 0.5) is 10.2 Å². The predicted octanol–water partition coefficient (Wildman–Crippen LogP) is 3.26.